The average molecular weight is 608 g/mol. The van der Waals surface area contributed by atoms with Crippen LogP contribution in [0.3, 0.4) is 0 Å². The molecular weight excluding hydrogens is 530 g/mol. The number of amides is 1. The van der Waals surface area contributed by atoms with Crippen LogP contribution in [-0.4, -0.2) is 34.9 Å². The molecule has 0 aliphatic carbocycles. The minimum Gasteiger partial charge on any atom is -0.394 e. The Balaban J connectivity index is 3.57. The summed E-state index contributed by atoms with van der Waals surface area (Å²) in [6.45, 7) is 4.31. The van der Waals surface area contributed by atoms with Gasteiger partial charge in [-0.2, -0.15) is 0 Å². The van der Waals surface area contributed by atoms with Crippen LogP contribution >= 0.6 is 0 Å². The second-order valence-electron chi connectivity index (χ2n) is 13.4. The Morgan fingerprint density at radius 1 is 0.535 bits per heavy atom. The van der Waals surface area contributed by atoms with E-state index in [0.29, 0.717) is 6.42 Å². The lowest BCUT2D eigenvalue weighted by atomic mass is 10.0. The fourth-order valence-electron chi connectivity index (χ4n) is 6.00. The van der Waals surface area contributed by atoms with Gasteiger partial charge in [0.2, 0.25) is 5.91 Å². The maximum absolute atomic E-state index is 12.3. The standard InChI is InChI=1S/C39H77NO3/c1-3-5-7-9-11-13-15-17-19-20-21-23-25-27-29-31-33-35-39(43)40-37(36-41)38(42)34-32-30-28-26-24-22-18-16-14-12-10-8-6-4-2/h32,34,37-38,41-42H,3-31,33,35-36H2,1-2H3,(H,40,43)/b34-32+. The van der Waals surface area contributed by atoms with E-state index in [1.807, 2.05) is 6.08 Å². The van der Waals surface area contributed by atoms with Gasteiger partial charge in [0.15, 0.2) is 0 Å². The van der Waals surface area contributed by atoms with Crippen molar-refractivity contribution >= 4 is 5.91 Å². The summed E-state index contributed by atoms with van der Waals surface area (Å²) in [5, 5.41) is 22.9. The monoisotopic (exact) mass is 608 g/mol. The molecule has 2 atom stereocenters. The van der Waals surface area contributed by atoms with Crippen molar-refractivity contribution < 1.29 is 15.0 Å². The first kappa shape index (κ1) is 42.1. The summed E-state index contributed by atoms with van der Waals surface area (Å²) >= 11 is 0. The Bertz CT molecular complexity index is 579. The normalized spacial score (nSPS) is 13.1. The molecule has 0 saturated heterocycles. The second kappa shape index (κ2) is 35.6. The van der Waals surface area contributed by atoms with Crippen LogP contribution in [0, 0.1) is 0 Å². The van der Waals surface area contributed by atoms with Gasteiger partial charge in [-0.1, -0.05) is 199 Å². The first-order valence-corrected chi connectivity index (χ1v) is 19.4. The number of aliphatic hydroxyl groups excluding tert-OH is 2. The zero-order valence-electron chi connectivity index (χ0n) is 29.2. The van der Waals surface area contributed by atoms with E-state index >= 15 is 0 Å². The first-order valence-electron chi connectivity index (χ1n) is 19.4. The Hall–Kier alpha value is -0.870. The van der Waals surface area contributed by atoms with Crippen LogP contribution in [0.2, 0.25) is 0 Å². The van der Waals surface area contributed by atoms with Gasteiger partial charge in [0.05, 0.1) is 18.8 Å². The number of hydrogen-bond acceptors (Lipinski definition) is 3. The second-order valence-corrected chi connectivity index (χ2v) is 13.4. The summed E-state index contributed by atoms with van der Waals surface area (Å²) in [5.74, 6) is -0.0616. The summed E-state index contributed by atoms with van der Waals surface area (Å²) < 4.78 is 0. The average Bonchev–Trinajstić information content (AvgIpc) is 3.01. The van der Waals surface area contributed by atoms with Crippen molar-refractivity contribution in [3.63, 3.8) is 0 Å². The SMILES string of the molecule is CCCCCCCCCCCCCC/C=C/C(O)C(CO)NC(=O)CCCCCCCCCCCCCCCCCCC. The zero-order valence-corrected chi connectivity index (χ0v) is 29.2. The quantitative estimate of drug-likeness (QED) is 0.0496. The molecule has 2 unspecified atom stereocenters. The number of rotatable bonds is 35. The van der Waals surface area contributed by atoms with Gasteiger partial charge in [0, 0.05) is 6.42 Å². The van der Waals surface area contributed by atoms with E-state index in [0.717, 1.165) is 25.7 Å². The Kier molecular flexibility index (Phi) is 34.9. The molecule has 0 aromatic rings. The molecule has 0 rings (SSSR count). The lowest BCUT2D eigenvalue weighted by Gasteiger charge is -2.20. The van der Waals surface area contributed by atoms with Crippen molar-refractivity contribution in [3.05, 3.63) is 12.2 Å². The summed E-state index contributed by atoms with van der Waals surface area (Å²) in [7, 11) is 0. The van der Waals surface area contributed by atoms with Gasteiger partial charge < -0.3 is 15.5 Å². The first-order chi connectivity index (χ1) is 21.2. The van der Waals surface area contributed by atoms with Gasteiger partial charge in [-0.15, -0.1) is 0 Å². The van der Waals surface area contributed by atoms with E-state index in [2.05, 4.69) is 19.2 Å². The molecule has 43 heavy (non-hydrogen) atoms. The number of unbranched alkanes of at least 4 members (excludes halogenated alkanes) is 28. The van der Waals surface area contributed by atoms with Crippen molar-refractivity contribution in [1.82, 2.24) is 5.32 Å². The van der Waals surface area contributed by atoms with E-state index in [9.17, 15) is 15.0 Å². The smallest absolute Gasteiger partial charge is 0.220 e. The fraction of sp³-hybridized carbons (Fsp3) is 0.923. The highest BCUT2D eigenvalue weighted by atomic mass is 16.3. The van der Waals surface area contributed by atoms with Gasteiger partial charge in [-0.05, 0) is 19.3 Å². The molecule has 0 aromatic heterocycles. The predicted octanol–water partition coefficient (Wildman–Crippen LogP) is 11.5. The minimum atomic E-state index is -0.832. The molecule has 0 aliphatic rings. The Labute approximate surface area is 269 Å². The molecular formula is C39H77NO3. The van der Waals surface area contributed by atoms with Gasteiger partial charge in [0.1, 0.15) is 0 Å². The largest absolute Gasteiger partial charge is 0.394 e. The fourth-order valence-corrected chi connectivity index (χ4v) is 6.00. The van der Waals surface area contributed by atoms with E-state index < -0.39 is 12.1 Å². The molecule has 256 valence electrons. The van der Waals surface area contributed by atoms with Gasteiger partial charge >= 0.3 is 0 Å². The maximum atomic E-state index is 12.3. The van der Waals surface area contributed by atoms with E-state index in [1.165, 1.54) is 167 Å². The van der Waals surface area contributed by atoms with Gasteiger partial charge in [0.25, 0.3) is 0 Å². The van der Waals surface area contributed by atoms with E-state index in [1.54, 1.807) is 6.08 Å². The topological polar surface area (TPSA) is 69.6 Å². The van der Waals surface area contributed by atoms with Crippen molar-refractivity contribution in [2.45, 2.75) is 225 Å². The van der Waals surface area contributed by atoms with Crippen LogP contribution in [0.4, 0.5) is 0 Å². The molecule has 0 saturated carbocycles. The number of carbonyl (C=O) groups excluding carboxylic acids is 1. The third kappa shape index (κ3) is 32.3. The molecule has 4 heteroatoms. The third-order valence-corrected chi connectivity index (χ3v) is 9.02. The van der Waals surface area contributed by atoms with Crippen molar-refractivity contribution in [2.24, 2.45) is 0 Å². The van der Waals surface area contributed by atoms with Crippen LogP contribution < -0.4 is 5.32 Å². The number of hydrogen-bond donors (Lipinski definition) is 3. The lowest BCUT2D eigenvalue weighted by Crippen LogP contribution is -2.45. The lowest BCUT2D eigenvalue weighted by molar-refractivity contribution is -0.123. The molecule has 4 nitrogen and oxygen atoms in total. The Morgan fingerprint density at radius 2 is 0.860 bits per heavy atom. The maximum Gasteiger partial charge on any atom is 0.220 e. The Morgan fingerprint density at radius 3 is 1.21 bits per heavy atom. The molecule has 0 fully saturated rings. The summed E-state index contributed by atoms with van der Waals surface area (Å²) in [6.07, 6.45) is 43.0. The number of allylic oxidation sites excluding steroid dienone is 1. The molecule has 0 aromatic carbocycles. The van der Waals surface area contributed by atoms with Crippen molar-refractivity contribution in [3.8, 4) is 0 Å². The van der Waals surface area contributed by atoms with Crippen LogP contribution in [-0.2, 0) is 4.79 Å². The van der Waals surface area contributed by atoms with E-state index in [4.69, 9.17) is 0 Å². The van der Waals surface area contributed by atoms with Crippen LogP contribution in [0.1, 0.15) is 213 Å². The number of carbonyl (C=O) groups is 1. The predicted molar refractivity (Wildman–Crippen MR) is 189 cm³/mol. The minimum absolute atomic E-state index is 0.0616. The van der Waals surface area contributed by atoms with Crippen molar-refractivity contribution in [2.75, 3.05) is 6.61 Å². The molecule has 3 N–H and O–H groups in total. The number of nitrogens with one attached hydrogen (secondary N) is 1. The highest BCUT2D eigenvalue weighted by molar-refractivity contribution is 5.76. The zero-order chi connectivity index (χ0) is 31.5. The number of aliphatic hydroxyl groups is 2. The molecule has 1 amide bonds. The molecule has 0 radical (unpaired) electrons. The highest BCUT2D eigenvalue weighted by Gasteiger charge is 2.17. The summed E-state index contributed by atoms with van der Waals surface area (Å²) in [6, 6.07) is -0.614. The van der Waals surface area contributed by atoms with Crippen LogP contribution in [0.5, 0.6) is 0 Å². The third-order valence-electron chi connectivity index (χ3n) is 9.02. The highest BCUT2D eigenvalue weighted by Crippen LogP contribution is 2.15. The van der Waals surface area contributed by atoms with Gasteiger partial charge in [-0.3, -0.25) is 4.79 Å². The molecule has 0 spiro atoms. The van der Waals surface area contributed by atoms with Crippen LogP contribution in [0.25, 0.3) is 0 Å². The molecule has 0 aliphatic heterocycles. The molecule has 0 bridgehead atoms. The summed E-state index contributed by atoms with van der Waals surface area (Å²) in [4.78, 5) is 12.3. The van der Waals surface area contributed by atoms with Crippen LogP contribution in [0.15, 0.2) is 12.2 Å². The van der Waals surface area contributed by atoms with Crippen molar-refractivity contribution in [1.29, 1.82) is 0 Å². The molecule has 0 heterocycles. The van der Waals surface area contributed by atoms with Gasteiger partial charge in [-0.25, -0.2) is 0 Å². The van der Waals surface area contributed by atoms with E-state index in [-0.39, 0.29) is 12.5 Å². The summed E-state index contributed by atoms with van der Waals surface area (Å²) in [5.41, 5.74) is 0.